The molecule has 0 spiro atoms. The zero-order chi connectivity index (χ0) is 11.5. The maximum atomic E-state index is 10.8. The first-order valence-electron chi connectivity index (χ1n) is 6.41. The first-order valence-corrected chi connectivity index (χ1v) is 6.41. The van der Waals surface area contributed by atoms with Crippen LogP contribution in [0.5, 0.6) is 0 Å². The van der Waals surface area contributed by atoms with Crippen molar-refractivity contribution in [2.75, 3.05) is 19.6 Å². The van der Waals surface area contributed by atoms with Crippen LogP contribution >= 0.6 is 0 Å². The van der Waals surface area contributed by atoms with E-state index in [0.29, 0.717) is 12.3 Å². The van der Waals surface area contributed by atoms with Gasteiger partial charge in [-0.1, -0.05) is 6.92 Å². The number of hydrogen-bond donors (Lipinski definition) is 2. The van der Waals surface area contributed by atoms with E-state index in [9.17, 15) is 4.79 Å². The third-order valence-corrected chi connectivity index (χ3v) is 3.74. The van der Waals surface area contributed by atoms with Crippen LogP contribution in [-0.4, -0.2) is 47.7 Å². The van der Waals surface area contributed by atoms with Crippen LogP contribution in [0.2, 0.25) is 0 Å². The van der Waals surface area contributed by atoms with Gasteiger partial charge in [-0.15, -0.1) is 0 Å². The summed E-state index contributed by atoms with van der Waals surface area (Å²) in [7, 11) is 0. The number of likely N-dealkylation sites (tertiary alicyclic amines) is 1. The van der Waals surface area contributed by atoms with E-state index in [0.717, 1.165) is 19.1 Å². The molecule has 16 heavy (non-hydrogen) atoms. The molecule has 2 aliphatic rings. The van der Waals surface area contributed by atoms with E-state index in [4.69, 9.17) is 5.11 Å². The van der Waals surface area contributed by atoms with Gasteiger partial charge in [-0.05, 0) is 38.1 Å². The molecule has 1 saturated carbocycles. The van der Waals surface area contributed by atoms with Crippen molar-refractivity contribution in [2.24, 2.45) is 5.92 Å². The number of nitrogens with one attached hydrogen (secondary N) is 1. The summed E-state index contributed by atoms with van der Waals surface area (Å²) in [6.07, 6.45) is 4.62. The Balaban J connectivity index is 1.68. The number of carbonyl (C=O) groups is 1. The van der Waals surface area contributed by atoms with Crippen molar-refractivity contribution >= 4 is 5.97 Å². The molecule has 2 N–H and O–H groups in total. The predicted octanol–water partition coefficient (Wildman–Crippen LogP) is 0.923. The Kier molecular flexibility index (Phi) is 3.82. The predicted molar refractivity (Wildman–Crippen MR) is 62.4 cm³/mol. The molecule has 1 saturated heterocycles. The lowest BCUT2D eigenvalue weighted by Crippen LogP contribution is -2.39. The number of carboxylic acid groups (broad SMARTS) is 1. The lowest BCUT2D eigenvalue weighted by atomic mass is 10.1. The summed E-state index contributed by atoms with van der Waals surface area (Å²) >= 11 is 0. The first-order chi connectivity index (χ1) is 7.70. The lowest BCUT2D eigenvalue weighted by molar-refractivity contribution is -0.139. The number of carboxylic acids is 1. The molecule has 0 amide bonds. The molecule has 0 aromatic rings. The van der Waals surface area contributed by atoms with Crippen LogP contribution in [0.1, 0.15) is 32.6 Å². The molecule has 4 nitrogen and oxygen atoms in total. The van der Waals surface area contributed by atoms with Gasteiger partial charge in [-0.2, -0.15) is 0 Å². The fourth-order valence-electron chi connectivity index (χ4n) is 2.52. The van der Waals surface area contributed by atoms with Gasteiger partial charge in [-0.25, -0.2) is 0 Å². The van der Waals surface area contributed by atoms with E-state index in [-0.39, 0.29) is 6.04 Å². The zero-order valence-electron chi connectivity index (χ0n) is 9.98. The second-order valence-electron chi connectivity index (χ2n) is 5.09. The minimum Gasteiger partial charge on any atom is -0.480 e. The maximum Gasteiger partial charge on any atom is 0.320 e. The Morgan fingerprint density at radius 1 is 1.50 bits per heavy atom. The molecular weight excluding hydrogens is 204 g/mol. The van der Waals surface area contributed by atoms with Gasteiger partial charge in [0.05, 0.1) is 0 Å². The summed E-state index contributed by atoms with van der Waals surface area (Å²) in [6, 6.07) is 0.487. The van der Waals surface area contributed by atoms with Gasteiger partial charge in [0.1, 0.15) is 6.04 Å². The molecule has 2 unspecified atom stereocenters. The lowest BCUT2D eigenvalue weighted by Gasteiger charge is -2.17. The third kappa shape index (κ3) is 2.95. The molecule has 1 aliphatic heterocycles. The van der Waals surface area contributed by atoms with Crippen LogP contribution < -0.4 is 5.32 Å². The van der Waals surface area contributed by atoms with Crippen molar-refractivity contribution in [1.82, 2.24) is 10.2 Å². The highest BCUT2D eigenvalue weighted by Gasteiger charge is 2.34. The summed E-state index contributed by atoms with van der Waals surface area (Å²) in [5.41, 5.74) is 0. The highest BCUT2D eigenvalue weighted by atomic mass is 16.4. The highest BCUT2D eigenvalue weighted by Crippen LogP contribution is 2.31. The van der Waals surface area contributed by atoms with Gasteiger partial charge in [0, 0.05) is 19.1 Å². The van der Waals surface area contributed by atoms with E-state index >= 15 is 0 Å². The number of nitrogens with zero attached hydrogens (tertiary/aromatic N) is 1. The average molecular weight is 226 g/mol. The minimum absolute atomic E-state index is 0.366. The molecule has 1 aliphatic carbocycles. The van der Waals surface area contributed by atoms with Crippen LogP contribution in [-0.2, 0) is 4.79 Å². The molecule has 0 aromatic carbocycles. The topological polar surface area (TPSA) is 52.6 Å². The van der Waals surface area contributed by atoms with E-state index in [1.54, 1.807) is 0 Å². The second-order valence-corrected chi connectivity index (χ2v) is 5.09. The SMILES string of the molecule is CCC(NCC1CCN(C2CC2)C1)C(=O)O. The molecule has 4 heteroatoms. The Morgan fingerprint density at radius 3 is 2.81 bits per heavy atom. The molecular formula is C12H22N2O2. The third-order valence-electron chi connectivity index (χ3n) is 3.74. The zero-order valence-corrected chi connectivity index (χ0v) is 9.98. The van der Waals surface area contributed by atoms with Crippen molar-refractivity contribution in [3.05, 3.63) is 0 Å². The van der Waals surface area contributed by atoms with E-state index in [1.165, 1.54) is 25.8 Å². The van der Waals surface area contributed by atoms with Crippen molar-refractivity contribution in [3.8, 4) is 0 Å². The van der Waals surface area contributed by atoms with E-state index in [2.05, 4.69) is 10.2 Å². The highest BCUT2D eigenvalue weighted by molar-refractivity contribution is 5.73. The molecule has 2 fully saturated rings. The Bertz CT molecular complexity index is 253. The summed E-state index contributed by atoms with van der Waals surface area (Å²) in [6.45, 7) is 5.14. The standard InChI is InChI=1S/C12H22N2O2/c1-2-11(12(15)16)13-7-9-5-6-14(8-9)10-3-4-10/h9-11,13H,2-8H2,1H3,(H,15,16). The summed E-state index contributed by atoms with van der Waals surface area (Å²) in [4.78, 5) is 13.4. The van der Waals surface area contributed by atoms with Crippen LogP contribution in [0.15, 0.2) is 0 Å². The van der Waals surface area contributed by atoms with Gasteiger partial charge in [-0.3, -0.25) is 4.79 Å². The van der Waals surface area contributed by atoms with Crippen LogP contribution in [0, 0.1) is 5.92 Å². The quantitative estimate of drug-likeness (QED) is 0.707. The second kappa shape index (κ2) is 5.15. The van der Waals surface area contributed by atoms with Crippen molar-refractivity contribution < 1.29 is 9.90 Å². The fraction of sp³-hybridized carbons (Fsp3) is 0.917. The first kappa shape index (κ1) is 11.9. The van der Waals surface area contributed by atoms with Crippen molar-refractivity contribution in [2.45, 2.75) is 44.7 Å². The minimum atomic E-state index is -0.723. The Hall–Kier alpha value is -0.610. The van der Waals surface area contributed by atoms with Gasteiger partial charge in [0.25, 0.3) is 0 Å². The molecule has 0 radical (unpaired) electrons. The van der Waals surface area contributed by atoms with Gasteiger partial charge >= 0.3 is 5.97 Å². The monoisotopic (exact) mass is 226 g/mol. The van der Waals surface area contributed by atoms with Crippen LogP contribution in [0.3, 0.4) is 0 Å². The largest absolute Gasteiger partial charge is 0.480 e. The Labute approximate surface area is 97.0 Å². The van der Waals surface area contributed by atoms with Gasteiger partial charge in [0.2, 0.25) is 0 Å². The number of hydrogen-bond acceptors (Lipinski definition) is 3. The van der Waals surface area contributed by atoms with Gasteiger partial charge in [0.15, 0.2) is 0 Å². The number of aliphatic carboxylic acids is 1. The van der Waals surface area contributed by atoms with E-state index < -0.39 is 5.97 Å². The summed E-state index contributed by atoms with van der Waals surface area (Å²) in [5.74, 6) is -0.0754. The van der Waals surface area contributed by atoms with E-state index in [1.807, 2.05) is 6.92 Å². The summed E-state index contributed by atoms with van der Waals surface area (Å²) < 4.78 is 0. The molecule has 2 atom stereocenters. The molecule has 0 aromatic heterocycles. The fourth-order valence-corrected chi connectivity index (χ4v) is 2.52. The number of rotatable bonds is 6. The van der Waals surface area contributed by atoms with Crippen LogP contribution in [0.25, 0.3) is 0 Å². The smallest absolute Gasteiger partial charge is 0.320 e. The maximum absolute atomic E-state index is 10.8. The molecule has 1 heterocycles. The van der Waals surface area contributed by atoms with Gasteiger partial charge < -0.3 is 15.3 Å². The van der Waals surface area contributed by atoms with Crippen molar-refractivity contribution in [3.63, 3.8) is 0 Å². The average Bonchev–Trinajstić information content (AvgIpc) is 3.00. The Morgan fingerprint density at radius 2 is 2.25 bits per heavy atom. The normalized spacial score (nSPS) is 28.2. The molecule has 92 valence electrons. The molecule has 0 bridgehead atoms. The molecule has 2 rings (SSSR count). The van der Waals surface area contributed by atoms with Crippen LogP contribution in [0.4, 0.5) is 0 Å². The summed E-state index contributed by atoms with van der Waals surface area (Å²) in [5, 5.41) is 12.1. The van der Waals surface area contributed by atoms with Crippen molar-refractivity contribution in [1.29, 1.82) is 0 Å².